The monoisotopic (exact) mass is 456 g/mol. The van der Waals surface area contributed by atoms with E-state index in [0.717, 1.165) is 18.5 Å². The van der Waals surface area contributed by atoms with E-state index in [1.165, 1.54) is 19.3 Å². The third-order valence-corrected chi connectivity index (χ3v) is 4.98. The molecule has 8 nitrogen and oxygen atoms in total. The Labute approximate surface area is 181 Å². The van der Waals surface area contributed by atoms with E-state index in [0.29, 0.717) is 17.0 Å². The Morgan fingerprint density at radius 3 is 2.12 bits per heavy atom. The highest BCUT2D eigenvalue weighted by molar-refractivity contribution is 5.73. The molecule has 1 aliphatic carbocycles. The first kappa shape index (κ1) is 25.2. The lowest BCUT2D eigenvalue weighted by molar-refractivity contribution is -0.192. The van der Waals surface area contributed by atoms with Crippen molar-refractivity contribution in [1.82, 2.24) is 19.9 Å². The number of carboxylic acid groups (broad SMARTS) is 1. The Kier molecular flexibility index (Phi) is 7.87. The van der Waals surface area contributed by atoms with Gasteiger partial charge in [0.25, 0.3) is 11.1 Å². The zero-order valence-electron chi connectivity index (χ0n) is 18.1. The van der Waals surface area contributed by atoms with Crippen molar-refractivity contribution in [2.45, 2.75) is 64.5 Å². The molecule has 1 aliphatic rings. The van der Waals surface area contributed by atoms with Crippen molar-refractivity contribution >= 4 is 18.1 Å². The van der Waals surface area contributed by atoms with Gasteiger partial charge in [0.2, 0.25) is 0 Å². The molecule has 11 heteroatoms. The molecule has 2 aromatic rings. The number of H-pyrrole nitrogens is 3. The Hall–Kier alpha value is -3.11. The van der Waals surface area contributed by atoms with Gasteiger partial charge in [-0.05, 0) is 24.8 Å². The maximum atomic E-state index is 12.4. The number of imidazole rings is 1. The molecule has 0 bridgehead atoms. The summed E-state index contributed by atoms with van der Waals surface area (Å²) in [4.78, 5) is 46.5. The molecule has 0 saturated heterocycles. The summed E-state index contributed by atoms with van der Waals surface area (Å²) in [6, 6.07) is 0. The molecule has 0 amide bonds. The van der Waals surface area contributed by atoms with Gasteiger partial charge in [0, 0.05) is 11.1 Å². The van der Waals surface area contributed by atoms with Gasteiger partial charge in [0.05, 0.1) is 12.0 Å². The topological polar surface area (TPSA) is 132 Å². The van der Waals surface area contributed by atoms with Crippen LogP contribution in [0.4, 0.5) is 13.2 Å². The summed E-state index contributed by atoms with van der Waals surface area (Å²) in [7, 11) is 0. The second kappa shape index (κ2) is 10.0. The molecule has 2 heterocycles. The number of aliphatic carboxylic acids is 1. The lowest BCUT2D eigenvalue weighted by Gasteiger charge is -2.17. The molecule has 32 heavy (non-hydrogen) atoms. The molecule has 3 rings (SSSR count). The van der Waals surface area contributed by atoms with Crippen molar-refractivity contribution < 1.29 is 23.1 Å². The first-order valence-electron chi connectivity index (χ1n) is 10.2. The van der Waals surface area contributed by atoms with Gasteiger partial charge in [-0.2, -0.15) is 13.2 Å². The molecule has 176 valence electrons. The normalized spacial score (nSPS) is 16.6. The molecule has 0 spiro atoms. The van der Waals surface area contributed by atoms with Crippen molar-refractivity contribution in [2.75, 3.05) is 0 Å². The van der Waals surface area contributed by atoms with Crippen LogP contribution in [0.3, 0.4) is 0 Å². The van der Waals surface area contributed by atoms with Gasteiger partial charge in [-0.15, -0.1) is 0 Å². The van der Waals surface area contributed by atoms with E-state index in [1.54, 1.807) is 12.4 Å². The van der Waals surface area contributed by atoms with Gasteiger partial charge >= 0.3 is 12.1 Å². The second-order valence-corrected chi connectivity index (χ2v) is 8.66. The van der Waals surface area contributed by atoms with Crippen LogP contribution in [0.5, 0.6) is 0 Å². The number of hydrogen-bond acceptors (Lipinski definition) is 4. The number of alkyl halides is 3. The molecular weight excluding hydrogens is 429 g/mol. The van der Waals surface area contributed by atoms with Gasteiger partial charge < -0.3 is 20.1 Å². The molecule has 1 fully saturated rings. The minimum Gasteiger partial charge on any atom is -0.475 e. The molecule has 4 N–H and O–H groups in total. The maximum Gasteiger partial charge on any atom is 0.490 e. The fraction of sp³-hybridized carbons (Fsp3) is 0.524. The number of nitrogens with one attached hydrogen (secondary N) is 3. The Bertz CT molecular complexity index is 1160. The summed E-state index contributed by atoms with van der Waals surface area (Å²) in [5.74, 6) is -2.38. The average molecular weight is 456 g/mol. The number of halogens is 3. The van der Waals surface area contributed by atoms with E-state index < -0.39 is 12.1 Å². The largest absolute Gasteiger partial charge is 0.490 e. The van der Waals surface area contributed by atoms with E-state index in [4.69, 9.17) is 9.90 Å². The van der Waals surface area contributed by atoms with E-state index in [2.05, 4.69) is 40.7 Å². The van der Waals surface area contributed by atoms with E-state index in [1.807, 2.05) is 6.08 Å². The summed E-state index contributed by atoms with van der Waals surface area (Å²) in [5, 5.41) is 7.72. The van der Waals surface area contributed by atoms with Crippen LogP contribution in [-0.2, 0) is 10.2 Å². The van der Waals surface area contributed by atoms with Gasteiger partial charge in [-0.25, -0.2) is 9.78 Å². The van der Waals surface area contributed by atoms with Crippen LogP contribution in [0.15, 0.2) is 15.9 Å². The number of nitrogens with zero attached hydrogens (tertiary/aromatic N) is 1. The average Bonchev–Trinajstić information content (AvgIpc) is 3.15. The van der Waals surface area contributed by atoms with Crippen LogP contribution >= 0.6 is 0 Å². The maximum absolute atomic E-state index is 12.4. The van der Waals surface area contributed by atoms with Crippen LogP contribution in [0, 0.1) is 5.92 Å². The number of aromatic amines is 3. The number of aromatic nitrogens is 4. The fourth-order valence-electron chi connectivity index (χ4n) is 3.40. The highest BCUT2D eigenvalue weighted by atomic mass is 19.4. The lowest BCUT2D eigenvalue weighted by atomic mass is 9.89. The van der Waals surface area contributed by atoms with E-state index in [-0.39, 0.29) is 21.9 Å². The first-order valence-corrected chi connectivity index (χ1v) is 10.2. The van der Waals surface area contributed by atoms with Gasteiger partial charge in [-0.1, -0.05) is 46.1 Å². The Balaban J connectivity index is 0.000000451. The Morgan fingerprint density at radius 2 is 1.59 bits per heavy atom. The summed E-state index contributed by atoms with van der Waals surface area (Å²) in [6.07, 6.45) is 5.85. The minimum atomic E-state index is -5.08. The van der Waals surface area contributed by atoms with Gasteiger partial charge in [0.1, 0.15) is 10.7 Å². The summed E-state index contributed by atoms with van der Waals surface area (Å²) in [6.45, 7) is 6.19. The summed E-state index contributed by atoms with van der Waals surface area (Å²) >= 11 is 0. The van der Waals surface area contributed by atoms with Crippen LogP contribution in [0.2, 0.25) is 0 Å². The molecule has 0 aromatic carbocycles. The molecule has 2 aromatic heterocycles. The van der Waals surface area contributed by atoms with Crippen LogP contribution < -0.4 is 21.8 Å². The second-order valence-electron chi connectivity index (χ2n) is 8.66. The molecular formula is C21H27F3N4O4. The standard InChI is InChI=1S/C19H26N4O2.C2HF3O2/c1-19(2,3)16-13(20-11-21-16)10-15-18(25)22-14(17(24)23-15)9-12-7-5-4-6-8-12;3-2(4,5)1(6)7/h9-12H,4-8H2,1-3H3,(H,20,21)(H,22,25)(H,23,24);(H,6,7)/b14-9-,15-10-;. The van der Waals surface area contributed by atoms with Crippen molar-refractivity contribution in [3.05, 3.63) is 49.1 Å². The predicted octanol–water partition coefficient (Wildman–Crippen LogP) is 1.91. The zero-order valence-corrected chi connectivity index (χ0v) is 18.1. The van der Waals surface area contributed by atoms with E-state index in [9.17, 15) is 22.8 Å². The molecule has 0 aliphatic heterocycles. The van der Waals surface area contributed by atoms with E-state index >= 15 is 0 Å². The summed E-state index contributed by atoms with van der Waals surface area (Å²) < 4.78 is 31.7. The molecule has 0 radical (unpaired) electrons. The highest BCUT2D eigenvalue weighted by Crippen LogP contribution is 2.24. The lowest BCUT2D eigenvalue weighted by Crippen LogP contribution is -2.47. The Morgan fingerprint density at radius 1 is 1.06 bits per heavy atom. The van der Waals surface area contributed by atoms with Crippen LogP contribution in [-0.4, -0.2) is 37.2 Å². The molecule has 0 atom stereocenters. The number of rotatable bonds is 2. The molecule has 0 unspecified atom stereocenters. The highest BCUT2D eigenvalue weighted by Gasteiger charge is 2.38. The zero-order chi connectivity index (χ0) is 24.1. The third kappa shape index (κ3) is 6.96. The van der Waals surface area contributed by atoms with Crippen molar-refractivity contribution in [3.8, 4) is 0 Å². The predicted molar refractivity (Wildman–Crippen MR) is 113 cm³/mol. The number of hydrogen-bond donors (Lipinski definition) is 4. The van der Waals surface area contributed by atoms with Crippen molar-refractivity contribution in [3.63, 3.8) is 0 Å². The van der Waals surface area contributed by atoms with Crippen molar-refractivity contribution in [2.24, 2.45) is 5.92 Å². The van der Waals surface area contributed by atoms with Crippen LogP contribution in [0.25, 0.3) is 12.2 Å². The quantitative estimate of drug-likeness (QED) is 0.548. The SMILES string of the molecule is CC(C)(C)c1[nH]cnc1/C=c1\[nH]c(=O)/c(=C/C2CCCCC2)[nH]c1=O.O=C(O)C(F)(F)F. The smallest absolute Gasteiger partial charge is 0.475 e. The first-order chi connectivity index (χ1) is 14.8. The van der Waals surface area contributed by atoms with Gasteiger partial charge in [0.15, 0.2) is 0 Å². The van der Waals surface area contributed by atoms with Crippen molar-refractivity contribution in [1.29, 1.82) is 0 Å². The minimum absolute atomic E-state index is 0.135. The number of carboxylic acids is 1. The number of carbonyl (C=O) groups is 1. The fourth-order valence-corrected chi connectivity index (χ4v) is 3.40. The molecule has 1 saturated carbocycles. The third-order valence-electron chi connectivity index (χ3n) is 4.98. The van der Waals surface area contributed by atoms with Gasteiger partial charge in [-0.3, -0.25) is 9.59 Å². The van der Waals surface area contributed by atoms with Crippen LogP contribution in [0.1, 0.15) is 64.3 Å². The summed E-state index contributed by atoms with van der Waals surface area (Å²) in [5.41, 5.74) is 0.890.